The highest BCUT2D eigenvalue weighted by Gasteiger charge is 2.15. The van der Waals surface area contributed by atoms with Crippen LogP contribution in [0.5, 0.6) is 5.75 Å². The van der Waals surface area contributed by atoms with E-state index in [1.165, 1.54) is 0 Å². The second-order valence-electron chi connectivity index (χ2n) is 7.93. The van der Waals surface area contributed by atoms with Crippen molar-refractivity contribution < 1.29 is 9.53 Å². The first kappa shape index (κ1) is 20.1. The van der Waals surface area contributed by atoms with E-state index in [1.54, 1.807) is 35.4 Å². The van der Waals surface area contributed by atoms with Crippen molar-refractivity contribution in [3.8, 4) is 16.9 Å². The van der Waals surface area contributed by atoms with E-state index in [0.717, 1.165) is 53.7 Å². The molecule has 1 aromatic carbocycles. The first-order chi connectivity index (χ1) is 15.6. The van der Waals surface area contributed by atoms with Crippen molar-refractivity contribution in [2.24, 2.45) is 7.05 Å². The lowest BCUT2D eigenvalue weighted by atomic mass is 10.1. The number of carbonyl (C=O) groups is 1. The van der Waals surface area contributed by atoms with Crippen LogP contribution < -0.4 is 15.4 Å². The van der Waals surface area contributed by atoms with Crippen molar-refractivity contribution in [1.82, 2.24) is 25.1 Å². The number of aromatic nitrogens is 4. The summed E-state index contributed by atoms with van der Waals surface area (Å²) in [7, 11) is 1.88. The molecule has 162 valence electrons. The molecule has 0 saturated carbocycles. The second kappa shape index (κ2) is 8.76. The summed E-state index contributed by atoms with van der Waals surface area (Å²) in [5.74, 6) is 1.04. The maximum absolute atomic E-state index is 12.7. The summed E-state index contributed by atoms with van der Waals surface area (Å²) >= 11 is 0. The molecular weight excluding hydrogens is 404 g/mol. The fourth-order valence-electron chi connectivity index (χ4n) is 3.81. The number of amides is 1. The molecule has 0 unspecified atom stereocenters. The number of nitrogens with one attached hydrogen (secondary N) is 2. The van der Waals surface area contributed by atoms with Crippen LogP contribution in [0.1, 0.15) is 23.2 Å². The quantitative estimate of drug-likeness (QED) is 0.506. The summed E-state index contributed by atoms with van der Waals surface area (Å²) in [6.45, 7) is 1.95. The van der Waals surface area contributed by atoms with Gasteiger partial charge in [0.1, 0.15) is 17.7 Å². The molecule has 0 bridgehead atoms. The van der Waals surface area contributed by atoms with E-state index >= 15 is 0 Å². The molecule has 8 heteroatoms. The molecule has 1 aliphatic heterocycles. The van der Waals surface area contributed by atoms with Gasteiger partial charge in [0, 0.05) is 41.5 Å². The SMILES string of the molecule is Cn1cc(-c2cnc3cnc(NC(=O)c4ccc(OC5CCNCC5)cc4)cc3c2)cn1. The molecule has 0 aliphatic carbocycles. The number of piperidine rings is 1. The van der Waals surface area contributed by atoms with Gasteiger partial charge in [0.15, 0.2) is 0 Å². The Hall–Kier alpha value is -3.78. The fourth-order valence-corrected chi connectivity index (χ4v) is 3.81. The molecule has 4 heterocycles. The third kappa shape index (κ3) is 4.45. The molecule has 0 radical (unpaired) electrons. The number of benzene rings is 1. The zero-order chi connectivity index (χ0) is 21.9. The van der Waals surface area contributed by atoms with Gasteiger partial charge >= 0.3 is 0 Å². The summed E-state index contributed by atoms with van der Waals surface area (Å²) in [6.07, 6.45) is 9.40. The van der Waals surface area contributed by atoms with E-state index in [2.05, 4.69) is 25.7 Å². The van der Waals surface area contributed by atoms with Gasteiger partial charge in [0.25, 0.3) is 5.91 Å². The lowest BCUT2D eigenvalue weighted by molar-refractivity contribution is 0.102. The first-order valence-electron chi connectivity index (χ1n) is 10.7. The molecule has 2 N–H and O–H groups in total. The van der Waals surface area contributed by atoms with Gasteiger partial charge in [0.05, 0.1) is 17.9 Å². The molecule has 0 spiro atoms. The Labute approximate surface area is 185 Å². The number of rotatable bonds is 5. The van der Waals surface area contributed by atoms with Crippen LogP contribution in [0.15, 0.2) is 61.2 Å². The van der Waals surface area contributed by atoms with Gasteiger partial charge in [-0.2, -0.15) is 5.10 Å². The van der Waals surface area contributed by atoms with E-state index in [0.29, 0.717) is 11.4 Å². The predicted octanol–water partition coefficient (Wildman–Crippen LogP) is 3.41. The van der Waals surface area contributed by atoms with Crippen molar-refractivity contribution in [1.29, 1.82) is 0 Å². The topological polar surface area (TPSA) is 94.0 Å². The van der Waals surface area contributed by atoms with Crippen LogP contribution in [-0.2, 0) is 7.05 Å². The van der Waals surface area contributed by atoms with Crippen molar-refractivity contribution in [3.05, 3.63) is 66.7 Å². The Morgan fingerprint density at radius 3 is 2.62 bits per heavy atom. The maximum atomic E-state index is 12.7. The van der Waals surface area contributed by atoms with Crippen LogP contribution in [0.4, 0.5) is 5.82 Å². The van der Waals surface area contributed by atoms with Gasteiger partial charge in [-0.05, 0) is 62.3 Å². The van der Waals surface area contributed by atoms with E-state index in [1.807, 2.05) is 37.5 Å². The van der Waals surface area contributed by atoms with Crippen molar-refractivity contribution in [2.75, 3.05) is 18.4 Å². The monoisotopic (exact) mass is 428 g/mol. The smallest absolute Gasteiger partial charge is 0.256 e. The van der Waals surface area contributed by atoms with Gasteiger partial charge in [-0.15, -0.1) is 0 Å². The van der Waals surface area contributed by atoms with E-state index < -0.39 is 0 Å². The summed E-state index contributed by atoms with van der Waals surface area (Å²) in [6, 6.07) is 11.1. The third-order valence-electron chi connectivity index (χ3n) is 5.55. The second-order valence-corrected chi connectivity index (χ2v) is 7.93. The van der Waals surface area contributed by atoms with Gasteiger partial charge in [-0.3, -0.25) is 14.5 Å². The molecular formula is C24H24N6O2. The minimum absolute atomic E-state index is 0.221. The zero-order valence-electron chi connectivity index (χ0n) is 17.8. The van der Waals surface area contributed by atoms with Crippen LogP contribution in [0, 0.1) is 0 Å². The van der Waals surface area contributed by atoms with Crippen molar-refractivity contribution in [3.63, 3.8) is 0 Å². The van der Waals surface area contributed by atoms with E-state index in [4.69, 9.17) is 4.74 Å². The largest absolute Gasteiger partial charge is 0.490 e. The highest BCUT2D eigenvalue weighted by molar-refractivity contribution is 6.04. The first-order valence-corrected chi connectivity index (χ1v) is 10.7. The molecule has 8 nitrogen and oxygen atoms in total. The Balaban J connectivity index is 1.29. The minimum Gasteiger partial charge on any atom is -0.490 e. The molecule has 5 rings (SSSR count). The number of pyridine rings is 2. The van der Waals surface area contributed by atoms with Crippen LogP contribution in [0.2, 0.25) is 0 Å². The number of fused-ring (bicyclic) bond motifs is 1. The maximum Gasteiger partial charge on any atom is 0.256 e. The number of nitrogens with zero attached hydrogens (tertiary/aromatic N) is 4. The standard InChI is InChI=1S/C24H24N6O2/c1-30-15-19(13-28-30)18-10-17-11-23(27-14-22(17)26-12-18)29-24(31)16-2-4-20(5-3-16)32-21-6-8-25-9-7-21/h2-5,10-15,21,25H,6-9H2,1H3,(H,27,29,31). The Bertz CT molecular complexity index is 1250. The van der Waals surface area contributed by atoms with Crippen molar-refractivity contribution >= 4 is 22.6 Å². The summed E-state index contributed by atoms with van der Waals surface area (Å²) in [5, 5.41) is 11.3. The van der Waals surface area contributed by atoms with Crippen LogP contribution in [-0.4, -0.2) is 44.8 Å². The van der Waals surface area contributed by atoms with Gasteiger partial charge < -0.3 is 15.4 Å². The molecule has 32 heavy (non-hydrogen) atoms. The molecule has 3 aromatic heterocycles. The van der Waals surface area contributed by atoms with Gasteiger partial charge in [0.2, 0.25) is 0 Å². The molecule has 1 amide bonds. The Kier molecular flexibility index (Phi) is 5.51. The Morgan fingerprint density at radius 2 is 1.88 bits per heavy atom. The average Bonchev–Trinajstić information content (AvgIpc) is 3.26. The lowest BCUT2D eigenvalue weighted by Crippen LogP contribution is -2.34. The average molecular weight is 428 g/mol. The summed E-state index contributed by atoms with van der Waals surface area (Å²) in [4.78, 5) is 21.5. The highest BCUT2D eigenvalue weighted by atomic mass is 16.5. The lowest BCUT2D eigenvalue weighted by Gasteiger charge is -2.23. The molecule has 1 saturated heterocycles. The van der Waals surface area contributed by atoms with Crippen LogP contribution in [0.25, 0.3) is 22.0 Å². The highest BCUT2D eigenvalue weighted by Crippen LogP contribution is 2.24. The van der Waals surface area contributed by atoms with Gasteiger partial charge in [-0.25, -0.2) is 4.98 Å². The summed E-state index contributed by atoms with van der Waals surface area (Å²) in [5.41, 5.74) is 3.25. The van der Waals surface area contributed by atoms with Crippen LogP contribution >= 0.6 is 0 Å². The van der Waals surface area contributed by atoms with Gasteiger partial charge in [-0.1, -0.05) is 0 Å². The van der Waals surface area contributed by atoms with E-state index in [9.17, 15) is 4.79 Å². The van der Waals surface area contributed by atoms with Crippen LogP contribution in [0.3, 0.4) is 0 Å². The zero-order valence-corrected chi connectivity index (χ0v) is 17.8. The Morgan fingerprint density at radius 1 is 1.06 bits per heavy atom. The number of anilines is 1. The molecule has 0 atom stereocenters. The summed E-state index contributed by atoms with van der Waals surface area (Å²) < 4.78 is 7.76. The molecule has 1 aliphatic rings. The van der Waals surface area contributed by atoms with Crippen molar-refractivity contribution in [2.45, 2.75) is 18.9 Å². The number of carbonyl (C=O) groups excluding carboxylic acids is 1. The fraction of sp³-hybridized carbons (Fsp3) is 0.250. The number of hydrogen-bond donors (Lipinski definition) is 2. The normalized spacial score (nSPS) is 14.4. The molecule has 1 fully saturated rings. The minimum atomic E-state index is -0.221. The number of ether oxygens (including phenoxy) is 1. The number of aryl methyl sites for hydroxylation is 1. The third-order valence-corrected chi connectivity index (χ3v) is 5.55. The predicted molar refractivity (Wildman–Crippen MR) is 123 cm³/mol. The van der Waals surface area contributed by atoms with E-state index in [-0.39, 0.29) is 12.0 Å². The number of hydrogen-bond acceptors (Lipinski definition) is 6. The molecule has 4 aromatic rings.